The van der Waals surface area contributed by atoms with Crippen LogP contribution in [0.1, 0.15) is 12.8 Å². The summed E-state index contributed by atoms with van der Waals surface area (Å²) in [5, 5.41) is 2.40. The Bertz CT molecular complexity index is 933. The van der Waals surface area contributed by atoms with Crippen molar-refractivity contribution in [1.29, 1.82) is 0 Å². The number of sulfonamides is 1. The lowest BCUT2D eigenvalue weighted by Gasteiger charge is -2.23. The number of benzene rings is 2. The molecule has 2 aromatic carbocycles. The summed E-state index contributed by atoms with van der Waals surface area (Å²) in [7, 11) is -3.99. The molecule has 1 fully saturated rings. The van der Waals surface area contributed by atoms with Crippen molar-refractivity contribution in [1.82, 2.24) is 4.31 Å². The summed E-state index contributed by atoms with van der Waals surface area (Å²) in [6.45, 7) is 0.134. The summed E-state index contributed by atoms with van der Waals surface area (Å²) in [4.78, 5) is 12.3. The van der Waals surface area contributed by atoms with Crippen molar-refractivity contribution >= 4 is 21.6 Å². The Morgan fingerprint density at radius 1 is 1.04 bits per heavy atom. The first-order valence-corrected chi connectivity index (χ1v) is 9.26. The highest BCUT2D eigenvalue weighted by atomic mass is 32.2. The number of anilines is 1. The van der Waals surface area contributed by atoms with Crippen LogP contribution < -0.4 is 5.32 Å². The second kappa shape index (κ2) is 7.08. The van der Waals surface area contributed by atoms with Gasteiger partial charge in [0.2, 0.25) is 15.9 Å². The topological polar surface area (TPSA) is 66.5 Å². The van der Waals surface area contributed by atoms with Crippen LogP contribution in [0.5, 0.6) is 0 Å². The van der Waals surface area contributed by atoms with Crippen molar-refractivity contribution in [3.05, 3.63) is 59.9 Å². The lowest BCUT2D eigenvalue weighted by molar-refractivity contribution is -0.119. The van der Waals surface area contributed by atoms with Gasteiger partial charge in [-0.1, -0.05) is 0 Å². The van der Waals surface area contributed by atoms with Gasteiger partial charge in [-0.3, -0.25) is 4.79 Å². The molecule has 0 unspecified atom stereocenters. The molecule has 0 radical (unpaired) electrons. The largest absolute Gasteiger partial charge is 0.325 e. The predicted octanol–water partition coefficient (Wildman–Crippen LogP) is 2.90. The van der Waals surface area contributed by atoms with Crippen LogP contribution in [0.2, 0.25) is 0 Å². The fraction of sp³-hybridized carbons (Fsp3) is 0.235. The lowest BCUT2D eigenvalue weighted by atomic mass is 10.2. The average molecular weight is 384 g/mol. The second-order valence-electron chi connectivity index (χ2n) is 5.85. The van der Waals surface area contributed by atoms with E-state index in [1.54, 1.807) is 0 Å². The maximum Gasteiger partial charge on any atom is 0.243 e. The summed E-state index contributed by atoms with van der Waals surface area (Å²) in [6, 6.07) is 6.20. The van der Waals surface area contributed by atoms with Gasteiger partial charge in [0.05, 0.1) is 4.90 Å². The number of nitrogens with zero attached hydrogens (tertiary/aromatic N) is 1. The zero-order valence-corrected chi connectivity index (χ0v) is 14.3. The van der Waals surface area contributed by atoms with Gasteiger partial charge in [-0.05, 0) is 49.2 Å². The Hall–Kier alpha value is -2.39. The first-order chi connectivity index (χ1) is 12.3. The van der Waals surface area contributed by atoms with Crippen LogP contribution in [0.25, 0.3) is 0 Å². The van der Waals surface area contributed by atoms with E-state index in [-0.39, 0.29) is 23.5 Å². The van der Waals surface area contributed by atoms with Gasteiger partial charge in [0.15, 0.2) is 11.6 Å². The van der Waals surface area contributed by atoms with Gasteiger partial charge in [0, 0.05) is 18.3 Å². The zero-order valence-electron chi connectivity index (χ0n) is 13.5. The van der Waals surface area contributed by atoms with Crippen LogP contribution in [-0.2, 0) is 14.8 Å². The smallest absolute Gasteiger partial charge is 0.243 e. The fourth-order valence-corrected chi connectivity index (χ4v) is 4.49. The van der Waals surface area contributed by atoms with E-state index in [1.807, 2.05) is 0 Å². The molecule has 3 rings (SSSR count). The molecule has 1 amide bonds. The van der Waals surface area contributed by atoms with Crippen molar-refractivity contribution in [2.75, 3.05) is 11.9 Å². The molecule has 26 heavy (non-hydrogen) atoms. The molecule has 1 aliphatic heterocycles. The normalized spacial score (nSPS) is 18.0. The quantitative estimate of drug-likeness (QED) is 0.882. The molecule has 5 nitrogen and oxygen atoms in total. The number of hydrogen-bond acceptors (Lipinski definition) is 3. The summed E-state index contributed by atoms with van der Waals surface area (Å²) in [6.07, 6.45) is 0.756. The van der Waals surface area contributed by atoms with Gasteiger partial charge in [-0.2, -0.15) is 4.31 Å². The molecule has 0 spiro atoms. The fourth-order valence-electron chi connectivity index (χ4n) is 2.83. The molecule has 2 aromatic rings. The van der Waals surface area contributed by atoms with Crippen molar-refractivity contribution in [2.24, 2.45) is 0 Å². The van der Waals surface area contributed by atoms with E-state index in [1.165, 1.54) is 6.07 Å². The van der Waals surface area contributed by atoms with E-state index in [0.29, 0.717) is 6.42 Å². The van der Waals surface area contributed by atoms with E-state index >= 15 is 0 Å². The molecule has 1 atom stereocenters. The molecule has 0 saturated carbocycles. The molecule has 1 aliphatic rings. The van der Waals surface area contributed by atoms with Gasteiger partial charge in [0.1, 0.15) is 11.9 Å². The Balaban J connectivity index is 1.81. The Kier molecular flexibility index (Phi) is 5.01. The summed E-state index contributed by atoms with van der Waals surface area (Å²) >= 11 is 0. The number of rotatable bonds is 4. The molecule has 1 saturated heterocycles. The van der Waals surface area contributed by atoms with Crippen LogP contribution in [0.3, 0.4) is 0 Å². The molecule has 138 valence electrons. The number of carbonyl (C=O) groups is 1. The van der Waals surface area contributed by atoms with E-state index in [4.69, 9.17) is 0 Å². The minimum absolute atomic E-state index is 0.0277. The molecule has 0 aromatic heterocycles. The number of halogens is 3. The number of carbonyl (C=O) groups excluding carboxylic acids is 1. The molecule has 1 heterocycles. The Morgan fingerprint density at radius 2 is 1.73 bits per heavy atom. The predicted molar refractivity (Wildman–Crippen MR) is 88.3 cm³/mol. The highest BCUT2D eigenvalue weighted by molar-refractivity contribution is 7.89. The summed E-state index contributed by atoms with van der Waals surface area (Å²) in [5.74, 6) is -3.38. The molecule has 0 bridgehead atoms. The maximum atomic E-state index is 13.3. The Labute approximate surface area is 148 Å². The van der Waals surface area contributed by atoms with Crippen molar-refractivity contribution in [2.45, 2.75) is 23.8 Å². The Morgan fingerprint density at radius 3 is 2.38 bits per heavy atom. The van der Waals surface area contributed by atoms with Gasteiger partial charge in [-0.25, -0.2) is 21.6 Å². The standard InChI is InChI=1S/C17H15F3N2O3S/c18-11-3-6-13(7-4-11)26(24,25)22-9-1-2-16(22)17(23)21-12-5-8-14(19)15(20)10-12/h3-8,10,16H,1-2,9H2,(H,21,23)/t16-/m1/s1. The molecule has 0 aliphatic carbocycles. The van der Waals surface area contributed by atoms with E-state index < -0.39 is 39.4 Å². The van der Waals surface area contributed by atoms with Gasteiger partial charge in [0.25, 0.3) is 0 Å². The average Bonchev–Trinajstić information content (AvgIpc) is 3.09. The maximum absolute atomic E-state index is 13.3. The molecule has 9 heteroatoms. The third-order valence-electron chi connectivity index (χ3n) is 4.11. The van der Waals surface area contributed by atoms with Crippen molar-refractivity contribution in [3.8, 4) is 0 Å². The van der Waals surface area contributed by atoms with Crippen LogP contribution in [-0.4, -0.2) is 31.2 Å². The van der Waals surface area contributed by atoms with Gasteiger partial charge in [-0.15, -0.1) is 0 Å². The number of hydrogen-bond donors (Lipinski definition) is 1. The number of nitrogens with one attached hydrogen (secondary N) is 1. The summed E-state index contributed by atoms with van der Waals surface area (Å²) < 4.78 is 65.8. The monoisotopic (exact) mass is 384 g/mol. The van der Waals surface area contributed by atoms with Crippen molar-refractivity contribution < 1.29 is 26.4 Å². The van der Waals surface area contributed by atoms with E-state index in [2.05, 4.69) is 5.32 Å². The summed E-state index contributed by atoms with van der Waals surface area (Å²) in [5.41, 5.74) is 0.0277. The van der Waals surface area contributed by atoms with Crippen LogP contribution >= 0.6 is 0 Å². The zero-order chi connectivity index (χ0) is 18.9. The molecular weight excluding hydrogens is 369 g/mol. The lowest BCUT2D eigenvalue weighted by Crippen LogP contribution is -2.43. The minimum Gasteiger partial charge on any atom is -0.325 e. The molecule has 1 N–H and O–H groups in total. The van der Waals surface area contributed by atoms with Gasteiger partial charge >= 0.3 is 0 Å². The van der Waals surface area contributed by atoms with E-state index in [0.717, 1.165) is 40.7 Å². The highest BCUT2D eigenvalue weighted by Gasteiger charge is 2.39. The van der Waals surface area contributed by atoms with Crippen molar-refractivity contribution in [3.63, 3.8) is 0 Å². The van der Waals surface area contributed by atoms with E-state index in [9.17, 15) is 26.4 Å². The highest BCUT2D eigenvalue weighted by Crippen LogP contribution is 2.27. The first-order valence-electron chi connectivity index (χ1n) is 7.82. The second-order valence-corrected chi connectivity index (χ2v) is 7.74. The number of amides is 1. The SMILES string of the molecule is O=C(Nc1ccc(F)c(F)c1)[C@H]1CCCN1S(=O)(=O)c1ccc(F)cc1. The minimum atomic E-state index is -3.99. The van der Waals surface area contributed by atoms with Crippen LogP contribution in [0.15, 0.2) is 47.4 Å². The van der Waals surface area contributed by atoms with Crippen LogP contribution in [0, 0.1) is 17.5 Å². The first kappa shape index (κ1) is 18.4. The molecular formula is C17H15F3N2O3S. The third kappa shape index (κ3) is 3.58. The van der Waals surface area contributed by atoms with Gasteiger partial charge < -0.3 is 5.32 Å². The van der Waals surface area contributed by atoms with Crippen LogP contribution in [0.4, 0.5) is 18.9 Å². The third-order valence-corrected chi connectivity index (χ3v) is 6.04.